The molecule has 0 unspecified atom stereocenters. The molecule has 0 saturated heterocycles. The molecule has 31 heavy (non-hydrogen) atoms. The molecule has 0 aliphatic carbocycles. The van der Waals surface area contributed by atoms with Gasteiger partial charge >= 0.3 is 0 Å². The number of para-hydroxylation sites is 1. The fourth-order valence-electron chi connectivity index (χ4n) is 3.43. The topological polar surface area (TPSA) is 87.4 Å². The molecular formula is C25H23N3O3. The first-order chi connectivity index (χ1) is 15.0. The van der Waals surface area contributed by atoms with E-state index in [1.807, 2.05) is 61.5 Å². The summed E-state index contributed by atoms with van der Waals surface area (Å²) in [5.41, 5.74) is 4.75. The van der Waals surface area contributed by atoms with Crippen molar-refractivity contribution in [3.63, 3.8) is 0 Å². The van der Waals surface area contributed by atoms with Crippen molar-refractivity contribution in [3.8, 4) is 28.4 Å². The van der Waals surface area contributed by atoms with Gasteiger partial charge in [0.1, 0.15) is 5.69 Å². The Kier molecular flexibility index (Phi) is 5.71. The minimum Gasteiger partial charge on any atom is -0.504 e. The second-order valence-electron chi connectivity index (χ2n) is 7.32. The molecule has 0 saturated carbocycles. The Bertz CT molecular complexity index is 1220. The van der Waals surface area contributed by atoms with Crippen LogP contribution in [0.25, 0.3) is 16.9 Å². The van der Waals surface area contributed by atoms with Gasteiger partial charge in [-0.05, 0) is 48.7 Å². The number of aromatic hydroxyl groups is 2. The van der Waals surface area contributed by atoms with Gasteiger partial charge in [0.25, 0.3) is 5.91 Å². The van der Waals surface area contributed by atoms with E-state index in [9.17, 15) is 15.0 Å². The van der Waals surface area contributed by atoms with Crippen molar-refractivity contribution in [3.05, 3.63) is 95.7 Å². The largest absolute Gasteiger partial charge is 0.504 e. The molecular weight excluding hydrogens is 390 g/mol. The lowest BCUT2D eigenvalue weighted by Gasteiger charge is -2.08. The predicted molar refractivity (Wildman–Crippen MR) is 120 cm³/mol. The van der Waals surface area contributed by atoms with Gasteiger partial charge in [-0.25, -0.2) is 4.68 Å². The third-order valence-electron chi connectivity index (χ3n) is 5.12. The highest BCUT2D eigenvalue weighted by molar-refractivity contribution is 6.00. The summed E-state index contributed by atoms with van der Waals surface area (Å²) in [7, 11) is 0. The van der Waals surface area contributed by atoms with Crippen molar-refractivity contribution < 1.29 is 15.0 Å². The van der Waals surface area contributed by atoms with E-state index in [1.54, 1.807) is 16.9 Å². The number of amides is 1. The van der Waals surface area contributed by atoms with E-state index in [0.29, 0.717) is 24.2 Å². The van der Waals surface area contributed by atoms with Crippen LogP contribution >= 0.6 is 0 Å². The van der Waals surface area contributed by atoms with Gasteiger partial charge in [0, 0.05) is 18.3 Å². The van der Waals surface area contributed by atoms with E-state index in [2.05, 4.69) is 5.32 Å². The fraction of sp³-hybridized carbons (Fsp3) is 0.120. The quantitative estimate of drug-likeness (QED) is 0.413. The molecule has 0 bridgehead atoms. The Morgan fingerprint density at radius 1 is 0.968 bits per heavy atom. The van der Waals surface area contributed by atoms with Crippen LogP contribution in [0.2, 0.25) is 0 Å². The van der Waals surface area contributed by atoms with E-state index in [4.69, 9.17) is 5.10 Å². The number of phenolic OH excluding ortho intramolecular Hbond substituents is 2. The highest BCUT2D eigenvalue weighted by Gasteiger charge is 2.19. The van der Waals surface area contributed by atoms with Crippen LogP contribution in [-0.4, -0.2) is 32.4 Å². The number of hydrogen-bond acceptors (Lipinski definition) is 4. The minimum atomic E-state index is -0.219. The normalized spacial score (nSPS) is 10.7. The van der Waals surface area contributed by atoms with Crippen molar-refractivity contribution in [2.75, 3.05) is 6.54 Å². The zero-order chi connectivity index (χ0) is 21.8. The molecule has 0 radical (unpaired) electrons. The van der Waals surface area contributed by atoms with Crippen LogP contribution in [0.3, 0.4) is 0 Å². The number of hydrogen-bond donors (Lipinski definition) is 3. The Balaban J connectivity index is 1.59. The van der Waals surface area contributed by atoms with Gasteiger partial charge in [-0.2, -0.15) is 5.10 Å². The second-order valence-corrected chi connectivity index (χ2v) is 7.32. The molecule has 156 valence electrons. The monoisotopic (exact) mass is 413 g/mol. The first-order valence-electron chi connectivity index (χ1n) is 10.0. The number of nitrogens with zero attached hydrogens (tertiary/aromatic N) is 2. The Morgan fingerprint density at radius 2 is 1.71 bits per heavy atom. The number of aromatic nitrogens is 2. The zero-order valence-corrected chi connectivity index (χ0v) is 17.1. The molecule has 0 aliphatic rings. The molecule has 0 spiro atoms. The summed E-state index contributed by atoms with van der Waals surface area (Å²) in [6.45, 7) is 2.38. The van der Waals surface area contributed by atoms with Gasteiger partial charge < -0.3 is 15.5 Å². The smallest absolute Gasteiger partial charge is 0.255 e. The standard InChI is InChI=1S/C25H23N3O3/c1-17-7-5-6-10-20(17)24-21(16-28(27-24)19-8-3-2-4-9-19)25(31)26-14-13-18-11-12-22(29)23(30)15-18/h2-12,15-16,29-30H,13-14H2,1H3,(H,26,31). The van der Waals surface area contributed by atoms with Crippen molar-refractivity contribution in [1.82, 2.24) is 15.1 Å². The van der Waals surface area contributed by atoms with E-state index in [1.165, 1.54) is 12.1 Å². The average molecular weight is 413 g/mol. The van der Waals surface area contributed by atoms with E-state index in [-0.39, 0.29) is 17.4 Å². The predicted octanol–water partition coefficient (Wildman–Crippen LogP) is 4.23. The maximum absolute atomic E-state index is 13.1. The van der Waals surface area contributed by atoms with Crippen molar-refractivity contribution in [2.24, 2.45) is 0 Å². The molecule has 3 N–H and O–H groups in total. The third kappa shape index (κ3) is 4.43. The molecule has 0 atom stereocenters. The maximum atomic E-state index is 13.1. The van der Waals surface area contributed by atoms with Gasteiger partial charge in [0.15, 0.2) is 11.5 Å². The van der Waals surface area contributed by atoms with Gasteiger partial charge in [-0.15, -0.1) is 0 Å². The summed E-state index contributed by atoms with van der Waals surface area (Å²) >= 11 is 0. The summed E-state index contributed by atoms with van der Waals surface area (Å²) in [5.74, 6) is -0.553. The number of nitrogens with one attached hydrogen (secondary N) is 1. The Hall–Kier alpha value is -4.06. The summed E-state index contributed by atoms with van der Waals surface area (Å²) in [6, 6.07) is 22.2. The highest BCUT2D eigenvalue weighted by atomic mass is 16.3. The summed E-state index contributed by atoms with van der Waals surface area (Å²) in [6.07, 6.45) is 2.27. The van der Waals surface area contributed by atoms with Crippen LogP contribution in [0.5, 0.6) is 11.5 Å². The lowest BCUT2D eigenvalue weighted by Crippen LogP contribution is -2.25. The first-order valence-corrected chi connectivity index (χ1v) is 10.0. The van der Waals surface area contributed by atoms with Gasteiger partial charge in [0.2, 0.25) is 0 Å². The van der Waals surface area contributed by atoms with Crippen molar-refractivity contribution in [1.29, 1.82) is 0 Å². The molecule has 4 rings (SSSR count). The number of phenols is 2. The van der Waals surface area contributed by atoms with E-state index < -0.39 is 0 Å². The van der Waals surface area contributed by atoms with Crippen molar-refractivity contribution in [2.45, 2.75) is 13.3 Å². The molecule has 1 heterocycles. The number of aryl methyl sites for hydroxylation is 1. The summed E-state index contributed by atoms with van der Waals surface area (Å²) < 4.78 is 1.72. The van der Waals surface area contributed by atoms with Crippen LogP contribution in [-0.2, 0) is 6.42 Å². The van der Waals surface area contributed by atoms with Gasteiger partial charge in [-0.1, -0.05) is 48.5 Å². The highest BCUT2D eigenvalue weighted by Crippen LogP contribution is 2.27. The fourth-order valence-corrected chi connectivity index (χ4v) is 3.43. The Labute approximate surface area is 180 Å². The SMILES string of the molecule is Cc1ccccc1-c1nn(-c2ccccc2)cc1C(=O)NCCc1ccc(O)c(O)c1. The van der Waals surface area contributed by atoms with E-state index >= 15 is 0 Å². The number of carbonyl (C=O) groups is 1. The maximum Gasteiger partial charge on any atom is 0.255 e. The lowest BCUT2D eigenvalue weighted by molar-refractivity contribution is 0.0954. The number of benzene rings is 3. The molecule has 0 fully saturated rings. The van der Waals surface area contributed by atoms with Crippen molar-refractivity contribution >= 4 is 5.91 Å². The molecule has 6 nitrogen and oxygen atoms in total. The van der Waals surface area contributed by atoms with E-state index in [0.717, 1.165) is 22.4 Å². The van der Waals surface area contributed by atoms with Crippen LogP contribution < -0.4 is 5.32 Å². The minimum absolute atomic E-state index is 0.163. The number of carbonyl (C=O) groups excluding carboxylic acids is 1. The molecule has 4 aromatic rings. The molecule has 6 heteroatoms. The molecule has 1 aromatic heterocycles. The number of rotatable bonds is 6. The molecule has 3 aromatic carbocycles. The average Bonchev–Trinajstić information content (AvgIpc) is 3.22. The molecule has 0 aliphatic heterocycles. The van der Waals surface area contributed by atoms with Crippen LogP contribution in [0.1, 0.15) is 21.5 Å². The Morgan fingerprint density at radius 3 is 2.45 bits per heavy atom. The van der Waals surface area contributed by atoms with Crippen LogP contribution in [0, 0.1) is 6.92 Å². The van der Waals surface area contributed by atoms with Crippen LogP contribution in [0.15, 0.2) is 79.0 Å². The lowest BCUT2D eigenvalue weighted by atomic mass is 10.0. The first kappa shape index (κ1) is 20.2. The zero-order valence-electron chi connectivity index (χ0n) is 17.1. The van der Waals surface area contributed by atoms with Gasteiger partial charge in [0.05, 0.1) is 11.3 Å². The van der Waals surface area contributed by atoms with Crippen LogP contribution in [0.4, 0.5) is 0 Å². The van der Waals surface area contributed by atoms with Gasteiger partial charge in [-0.3, -0.25) is 4.79 Å². The molecule has 1 amide bonds. The summed E-state index contributed by atoms with van der Waals surface area (Å²) in [5, 5.41) is 26.7. The summed E-state index contributed by atoms with van der Waals surface area (Å²) in [4.78, 5) is 13.1. The third-order valence-corrected chi connectivity index (χ3v) is 5.12. The second kappa shape index (κ2) is 8.75.